The SMILES string of the molecule is CCOC(=O)c1ncnc(-c2cnccn2)c1F. The first-order chi connectivity index (χ1) is 8.74. The van der Waals surface area contributed by atoms with Crippen molar-refractivity contribution < 1.29 is 13.9 Å². The quantitative estimate of drug-likeness (QED) is 0.761. The molecule has 92 valence electrons. The number of aromatic nitrogens is 4. The third-order valence-corrected chi connectivity index (χ3v) is 2.06. The highest BCUT2D eigenvalue weighted by Crippen LogP contribution is 2.18. The molecule has 0 aliphatic rings. The second-order valence-electron chi connectivity index (χ2n) is 3.20. The van der Waals surface area contributed by atoms with Gasteiger partial charge in [-0.05, 0) is 6.92 Å². The summed E-state index contributed by atoms with van der Waals surface area (Å²) >= 11 is 0. The van der Waals surface area contributed by atoms with Gasteiger partial charge in [-0.15, -0.1) is 0 Å². The molecule has 18 heavy (non-hydrogen) atoms. The number of hydrogen-bond donors (Lipinski definition) is 0. The molecule has 2 rings (SSSR count). The standard InChI is InChI=1S/C11H9FN4O2/c1-2-18-11(17)10-8(12)9(15-6-16-10)7-5-13-3-4-14-7/h3-6H,2H2,1H3. The van der Waals surface area contributed by atoms with Crippen LogP contribution in [0.25, 0.3) is 11.4 Å². The summed E-state index contributed by atoms with van der Waals surface area (Å²) in [6, 6.07) is 0. The molecule has 0 unspecified atom stereocenters. The fourth-order valence-electron chi connectivity index (χ4n) is 1.31. The summed E-state index contributed by atoms with van der Waals surface area (Å²) in [4.78, 5) is 26.5. The number of hydrogen-bond acceptors (Lipinski definition) is 6. The molecule has 6 nitrogen and oxygen atoms in total. The van der Waals surface area contributed by atoms with Crippen molar-refractivity contribution >= 4 is 5.97 Å². The average molecular weight is 248 g/mol. The summed E-state index contributed by atoms with van der Waals surface area (Å²) in [6.45, 7) is 1.77. The number of esters is 1. The Hall–Kier alpha value is -2.44. The Morgan fingerprint density at radius 1 is 1.33 bits per heavy atom. The molecular formula is C11H9FN4O2. The lowest BCUT2D eigenvalue weighted by atomic mass is 10.2. The molecule has 0 bridgehead atoms. The molecule has 0 atom stereocenters. The maximum Gasteiger partial charge on any atom is 0.360 e. The fourth-order valence-corrected chi connectivity index (χ4v) is 1.31. The second-order valence-corrected chi connectivity index (χ2v) is 3.20. The minimum atomic E-state index is -0.864. The Morgan fingerprint density at radius 2 is 2.17 bits per heavy atom. The molecular weight excluding hydrogens is 239 g/mol. The van der Waals surface area contributed by atoms with E-state index in [1.807, 2.05) is 0 Å². The summed E-state index contributed by atoms with van der Waals surface area (Å²) < 4.78 is 18.7. The van der Waals surface area contributed by atoms with E-state index in [4.69, 9.17) is 4.74 Å². The molecule has 7 heteroatoms. The van der Waals surface area contributed by atoms with E-state index in [0.717, 1.165) is 6.33 Å². The summed E-state index contributed by atoms with van der Waals surface area (Å²) in [5.74, 6) is -1.70. The van der Waals surface area contributed by atoms with Gasteiger partial charge in [-0.25, -0.2) is 19.2 Å². The van der Waals surface area contributed by atoms with Crippen LogP contribution in [0.3, 0.4) is 0 Å². The Morgan fingerprint density at radius 3 is 2.83 bits per heavy atom. The van der Waals surface area contributed by atoms with E-state index < -0.39 is 17.5 Å². The third kappa shape index (κ3) is 2.29. The highest BCUT2D eigenvalue weighted by molar-refractivity contribution is 5.88. The van der Waals surface area contributed by atoms with Gasteiger partial charge in [0.15, 0.2) is 11.5 Å². The van der Waals surface area contributed by atoms with Crippen LogP contribution in [0.15, 0.2) is 24.9 Å². The van der Waals surface area contributed by atoms with Gasteiger partial charge in [0, 0.05) is 12.4 Å². The molecule has 2 aromatic heterocycles. The average Bonchev–Trinajstić information content (AvgIpc) is 2.40. The van der Waals surface area contributed by atoms with E-state index >= 15 is 0 Å². The van der Waals surface area contributed by atoms with Crippen LogP contribution >= 0.6 is 0 Å². The van der Waals surface area contributed by atoms with Gasteiger partial charge in [0.1, 0.15) is 17.7 Å². The van der Waals surface area contributed by atoms with Gasteiger partial charge in [0.25, 0.3) is 0 Å². The summed E-state index contributed by atoms with van der Waals surface area (Å²) in [5.41, 5.74) is -0.267. The number of carbonyl (C=O) groups is 1. The van der Waals surface area contributed by atoms with Gasteiger partial charge < -0.3 is 4.74 Å². The molecule has 0 aliphatic heterocycles. The van der Waals surface area contributed by atoms with Crippen molar-refractivity contribution in [1.82, 2.24) is 19.9 Å². The molecule has 2 aromatic rings. The highest BCUT2D eigenvalue weighted by Gasteiger charge is 2.20. The third-order valence-electron chi connectivity index (χ3n) is 2.06. The van der Waals surface area contributed by atoms with Crippen molar-refractivity contribution in [3.63, 3.8) is 0 Å². The topological polar surface area (TPSA) is 77.9 Å². The van der Waals surface area contributed by atoms with Crippen LogP contribution in [0.1, 0.15) is 17.4 Å². The molecule has 0 amide bonds. The van der Waals surface area contributed by atoms with Crippen molar-refractivity contribution in [2.75, 3.05) is 6.61 Å². The molecule has 0 fully saturated rings. The van der Waals surface area contributed by atoms with Gasteiger partial charge in [0.05, 0.1) is 12.8 Å². The van der Waals surface area contributed by atoms with Gasteiger partial charge in [-0.3, -0.25) is 9.97 Å². The number of carbonyl (C=O) groups excluding carboxylic acids is 1. The van der Waals surface area contributed by atoms with E-state index in [1.54, 1.807) is 6.92 Å². The van der Waals surface area contributed by atoms with E-state index in [0.29, 0.717) is 0 Å². The normalized spacial score (nSPS) is 10.1. The van der Waals surface area contributed by atoms with Gasteiger partial charge in [-0.2, -0.15) is 0 Å². The van der Waals surface area contributed by atoms with E-state index in [-0.39, 0.29) is 18.0 Å². The highest BCUT2D eigenvalue weighted by atomic mass is 19.1. The lowest BCUT2D eigenvalue weighted by molar-refractivity contribution is 0.0513. The van der Waals surface area contributed by atoms with Gasteiger partial charge >= 0.3 is 5.97 Å². The van der Waals surface area contributed by atoms with Crippen LogP contribution in [-0.4, -0.2) is 32.5 Å². The lowest BCUT2D eigenvalue weighted by Gasteiger charge is -2.05. The predicted octanol–water partition coefficient (Wildman–Crippen LogP) is 1.25. The van der Waals surface area contributed by atoms with Crippen molar-refractivity contribution in [2.24, 2.45) is 0 Å². The van der Waals surface area contributed by atoms with Gasteiger partial charge in [0.2, 0.25) is 0 Å². The number of rotatable bonds is 3. The van der Waals surface area contributed by atoms with Crippen molar-refractivity contribution in [3.8, 4) is 11.4 Å². The van der Waals surface area contributed by atoms with E-state index in [2.05, 4.69) is 19.9 Å². The number of ether oxygens (including phenoxy) is 1. The zero-order valence-corrected chi connectivity index (χ0v) is 9.50. The first-order valence-corrected chi connectivity index (χ1v) is 5.18. The predicted molar refractivity (Wildman–Crippen MR) is 59.0 cm³/mol. The first kappa shape index (κ1) is 12.0. The minimum absolute atomic E-state index is 0.0823. The minimum Gasteiger partial charge on any atom is -0.461 e. The molecule has 0 radical (unpaired) electrons. The Labute approximate surface area is 102 Å². The van der Waals surface area contributed by atoms with Crippen molar-refractivity contribution in [2.45, 2.75) is 6.92 Å². The molecule has 0 saturated heterocycles. The lowest BCUT2D eigenvalue weighted by Crippen LogP contribution is -2.11. The first-order valence-electron chi connectivity index (χ1n) is 5.18. The molecule has 0 aliphatic carbocycles. The van der Waals surface area contributed by atoms with Crippen molar-refractivity contribution in [1.29, 1.82) is 0 Å². The number of halogens is 1. The Kier molecular flexibility index (Phi) is 3.52. The van der Waals surface area contributed by atoms with Crippen LogP contribution in [0.4, 0.5) is 4.39 Å². The Balaban J connectivity index is 2.46. The van der Waals surface area contributed by atoms with Gasteiger partial charge in [-0.1, -0.05) is 0 Å². The summed E-state index contributed by atoms with van der Waals surface area (Å²) in [6.07, 6.45) is 5.29. The maximum atomic E-state index is 14.0. The largest absolute Gasteiger partial charge is 0.461 e. The monoisotopic (exact) mass is 248 g/mol. The van der Waals surface area contributed by atoms with E-state index in [1.165, 1.54) is 18.6 Å². The summed E-state index contributed by atoms with van der Waals surface area (Å²) in [7, 11) is 0. The molecule has 0 saturated carbocycles. The summed E-state index contributed by atoms with van der Waals surface area (Å²) in [5, 5.41) is 0. The fraction of sp³-hybridized carbons (Fsp3) is 0.182. The maximum absolute atomic E-state index is 14.0. The van der Waals surface area contributed by atoms with Crippen LogP contribution in [0.2, 0.25) is 0 Å². The van der Waals surface area contributed by atoms with Crippen LogP contribution < -0.4 is 0 Å². The molecule has 0 spiro atoms. The Bertz CT molecular complexity index is 562. The molecule has 2 heterocycles. The van der Waals surface area contributed by atoms with Crippen LogP contribution in [-0.2, 0) is 4.74 Å². The second kappa shape index (κ2) is 5.26. The number of nitrogens with zero attached hydrogens (tertiary/aromatic N) is 4. The van der Waals surface area contributed by atoms with Crippen molar-refractivity contribution in [3.05, 3.63) is 36.4 Å². The zero-order valence-electron chi connectivity index (χ0n) is 9.50. The van der Waals surface area contributed by atoms with Crippen LogP contribution in [0.5, 0.6) is 0 Å². The van der Waals surface area contributed by atoms with Crippen LogP contribution in [0, 0.1) is 5.82 Å². The molecule has 0 N–H and O–H groups in total. The zero-order chi connectivity index (χ0) is 13.0. The molecule has 0 aromatic carbocycles. The smallest absolute Gasteiger partial charge is 0.360 e. The van der Waals surface area contributed by atoms with E-state index in [9.17, 15) is 9.18 Å².